The molecule has 11 rings (SSSR count). The molecule has 3 heterocycles. The van der Waals surface area contributed by atoms with Gasteiger partial charge in [0.15, 0.2) is 17.5 Å². The molecular weight excluding hydrogens is 703 g/mol. The van der Waals surface area contributed by atoms with Crippen molar-refractivity contribution in [3.63, 3.8) is 0 Å². The Bertz CT molecular complexity index is 3180. The molecule has 0 spiro atoms. The molecule has 0 amide bonds. The van der Waals surface area contributed by atoms with Gasteiger partial charge in [-0.25, -0.2) is 15.0 Å². The van der Waals surface area contributed by atoms with Crippen LogP contribution in [0.5, 0.6) is 0 Å². The van der Waals surface area contributed by atoms with Crippen molar-refractivity contribution < 1.29 is 4.42 Å². The maximum absolute atomic E-state index is 6.52. The van der Waals surface area contributed by atoms with Crippen molar-refractivity contribution in [2.24, 2.45) is 0 Å². The van der Waals surface area contributed by atoms with Crippen LogP contribution in [0.2, 0.25) is 0 Å². The van der Waals surface area contributed by atoms with Gasteiger partial charge in [0.2, 0.25) is 0 Å². The maximum atomic E-state index is 6.52. The topological polar surface area (TPSA) is 51.8 Å². The van der Waals surface area contributed by atoms with Crippen LogP contribution in [0.4, 0.5) is 0 Å². The minimum absolute atomic E-state index is 0.623. The molecule has 0 saturated heterocycles. The van der Waals surface area contributed by atoms with Crippen LogP contribution < -0.4 is 0 Å². The van der Waals surface area contributed by atoms with Gasteiger partial charge in [-0.3, -0.25) is 0 Å². The van der Waals surface area contributed by atoms with Gasteiger partial charge in [-0.2, -0.15) is 0 Å². The lowest BCUT2D eigenvalue weighted by Crippen LogP contribution is -2.00. The molecule has 0 radical (unpaired) electrons. The van der Waals surface area contributed by atoms with Crippen LogP contribution in [0.25, 0.3) is 110 Å². The zero-order valence-electron chi connectivity index (χ0n) is 30.1. The number of fused-ring (bicyclic) bond motifs is 6. The summed E-state index contributed by atoms with van der Waals surface area (Å²) in [5, 5.41) is 4.75. The van der Waals surface area contributed by atoms with E-state index in [2.05, 4.69) is 127 Å². The first-order valence-electron chi connectivity index (χ1n) is 18.7. The van der Waals surface area contributed by atoms with Crippen LogP contribution in [0.1, 0.15) is 0 Å². The molecule has 0 bridgehead atoms. The van der Waals surface area contributed by atoms with E-state index in [1.807, 2.05) is 72.0 Å². The monoisotopic (exact) mass is 733 g/mol. The van der Waals surface area contributed by atoms with Gasteiger partial charge in [0.1, 0.15) is 11.2 Å². The van der Waals surface area contributed by atoms with Crippen LogP contribution in [-0.4, -0.2) is 15.0 Å². The average molecular weight is 734 g/mol. The van der Waals surface area contributed by atoms with Crippen molar-refractivity contribution >= 4 is 53.4 Å². The lowest BCUT2D eigenvalue weighted by Gasteiger charge is -2.10. The van der Waals surface area contributed by atoms with Gasteiger partial charge in [-0.1, -0.05) is 158 Å². The Morgan fingerprint density at radius 3 is 1.59 bits per heavy atom. The summed E-state index contributed by atoms with van der Waals surface area (Å²) in [4.78, 5) is 14.9. The molecular formula is C51H31N3OS. The summed E-state index contributed by atoms with van der Waals surface area (Å²) in [6.45, 7) is 0. The fourth-order valence-corrected chi connectivity index (χ4v) is 9.20. The highest BCUT2D eigenvalue weighted by Gasteiger charge is 2.18. The van der Waals surface area contributed by atoms with E-state index in [0.29, 0.717) is 17.5 Å². The summed E-state index contributed by atoms with van der Waals surface area (Å²) in [6.07, 6.45) is 0. The number of benzene rings is 8. The fourth-order valence-electron chi connectivity index (χ4n) is 7.93. The van der Waals surface area contributed by atoms with Crippen molar-refractivity contribution in [2.75, 3.05) is 0 Å². The van der Waals surface area contributed by atoms with Crippen LogP contribution in [0.3, 0.4) is 0 Å². The maximum Gasteiger partial charge on any atom is 0.164 e. The van der Waals surface area contributed by atoms with Crippen molar-refractivity contribution in [2.45, 2.75) is 0 Å². The largest absolute Gasteiger partial charge is 0.456 e. The van der Waals surface area contributed by atoms with E-state index in [9.17, 15) is 0 Å². The van der Waals surface area contributed by atoms with Gasteiger partial charge in [0, 0.05) is 47.6 Å². The van der Waals surface area contributed by atoms with Crippen molar-refractivity contribution in [3.8, 4) is 67.5 Å². The van der Waals surface area contributed by atoms with E-state index in [-0.39, 0.29) is 0 Å². The molecule has 0 aliphatic carbocycles. The van der Waals surface area contributed by atoms with E-state index in [0.717, 1.165) is 55.3 Å². The first-order chi connectivity index (χ1) is 27.7. The Hall–Kier alpha value is -7.21. The minimum atomic E-state index is 0.623. The quantitative estimate of drug-likeness (QED) is 0.171. The van der Waals surface area contributed by atoms with Crippen LogP contribution in [-0.2, 0) is 0 Å². The summed E-state index contributed by atoms with van der Waals surface area (Å²) in [5.74, 6) is 1.90. The van der Waals surface area contributed by atoms with Gasteiger partial charge in [0.25, 0.3) is 0 Å². The first-order valence-corrected chi connectivity index (χ1v) is 19.5. The zero-order chi connectivity index (χ0) is 37.0. The second-order valence-electron chi connectivity index (χ2n) is 13.9. The summed E-state index contributed by atoms with van der Waals surface area (Å²) < 4.78 is 9.09. The molecule has 0 fully saturated rings. The molecule has 0 aliphatic heterocycles. The zero-order valence-corrected chi connectivity index (χ0v) is 30.9. The number of thiophene rings is 1. The molecule has 0 aliphatic rings. The lowest BCUT2D eigenvalue weighted by molar-refractivity contribution is 0.669. The lowest BCUT2D eigenvalue weighted by atomic mass is 9.95. The third kappa shape index (κ3) is 5.48. The molecule has 8 aromatic carbocycles. The summed E-state index contributed by atoms with van der Waals surface area (Å²) >= 11 is 1.86. The van der Waals surface area contributed by atoms with Crippen molar-refractivity contribution in [1.82, 2.24) is 15.0 Å². The smallest absolute Gasteiger partial charge is 0.164 e. The third-order valence-corrected chi connectivity index (χ3v) is 11.7. The number of hydrogen-bond acceptors (Lipinski definition) is 5. The molecule has 11 aromatic rings. The summed E-state index contributed by atoms with van der Waals surface area (Å²) in [7, 11) is 0. The number of aromatic nitrogens is 3. The van der Waals surface area contributed by atoms with Gasteiger partial charge in [0.05, 0.1) is 0 Å². The number of nitrogens with zero attached hydrogens (tertiary/aromatic N) is 3. The molecule has 0 N–H and O–H groups in total. The predicted octanol–water partition coefficient (Wildman–Crippen LogP) is 14.1. The third-order valence-electron chi connectivity index (χ3n) is 10.5. The van der Waals surface area contributed by atoms with E-state index in [1.165, 1.54) is 36.9 Å². The predicted molar refractivity (Wildman–Crippen MR) is 233 cm³/mol. The van der Waals surface area contributed by atoms with Crippen molar-refractivity contribution in [1.29, 1.82) is 0 Å². The highest BCUT2D eigenvalue weighted by atomic mass is 32.1. The Morgan fingerprint density at radius 1 is 0.339 bits per heavy atom. The Morgan fingerprint density at radius 2 is 0.875 bits per heavy atom. The Labute approximate surface area is 327 Å². The normalized spacial score (nSPS) is 11.6. The van der Waals surface area contributed by atoms with Gasteiger partial charge in [-0.15, -0.1) is 11.3 Å². The molecule has 0 unspecified atom stereocenters. The minimum Gasteiger partial charge on any atom is -0.456 e. The molecule has 0 atom stereocenters. The van der Waals surface area contributed by atoms with Gasteiger partial charge < -0.3 is 4.42 Å². The van der Waals surface area contributed by atoms with Crippen LogP contribution in [0.15, 0.2) is 192 Å². The van der Waals surface area contributed by atoms with E-state index < -0.39 is 0 Å². The standard InChI is InChI=1S/C51H31N3OS/c1-4-14-32(15-5-1)38-23-13-27-45-47(38)41-25-11-24-40(48(41)56-45)36-28-29-43-42(31-36)46-39(22-12-26-44(46)55-43)35-20-10-21-37(30-35)51-53-49(33-16-6-2-7-17-33)52-50(54-51)34-18-8-3-9-19-34/h1-31H. The highest BCUT2D eigenvalue weighted by molar-refractivity contribution is 7.26. The number of furan rings is 1. The fraction of sp³-hybridized carbons (Fsp3) is 0. The summed E-state index contributed by atoms with van der Waals surface area (Å²) in [6, 6.07) is 65.6. The van der Waals surface area contributed by atoms with Crippen LogP contribution in [0, 0.1) is 0 Å². The Balaban J connectivity index is 1.05. The average Bonchev–Trinajstić information content (AvgIpc) is 3.86. The molecule has 5 heteroatoms. The number of hydrogen-bond donors (Lipinski definition) is 0. The highest BCUT2D eigenvalue weighted by Crippen LogP contribution is 2.45. The molecule has 3 aromatic heterocycles. The van der Waals surface area contributed by atoms with E-state index in [4.69, 9.17) is 19.4 Å². The first kappa shape index (κ1) is 32.2. The second-order valence-corrected chi connectivity index (χ2v) is 15.0. The van der Waals surface area contributed by atoms with Crippen molar-refractivity contribution in [3.05, 3.63) is 188 Å². The summed E-state index contributed by atoms with van der Waals surface area (Å²) in [5.41, 5.74) is 11.5. The molecule has 56 heavy (non-hydrogen) atoms. The second kappa shape index (κ2) is 13.3. The Kier molecular flexibility index (Phi) is 7.64. The number of rotatable bonds is 6. The molecule has 262 valence electrons. The molecule has 0 saturated carbocycles. The van der Waals surface area contributed by atoms with Gasteiger partial charge >= 0.3 is 0 Å². The van der Waals surface area contributed by atoms with Crippen LogP contribution >= 0.6 is 11.3 Å². The van der Waals surface area contributed by atoms with E-state index >= 15 is 0 Å². The SMILES string of the molecule is c1ccc(-c2nc(-c3ccccc3)nc(-c3cccc(-c4cccc5oc6ccc(-c7cccc8c7sc7cccc(-c9ccccc9)c78)cc6c45)c3)n2)cc1. The van der Waals surface area contributed by atoms with Gasteiger partial charge in [-0.05, 0) is 63.7 Å². The molecule has 4 nitrogen and oxygen atoms in total. The van der Waals surface area contributed by atoms with E-state index in [1.54, 1.807) is 0 Å².